The molecule has 2 heteroatoms. The number of hydrogen-bond donors (Lipinski definition) is 2. The summed E-state index contributed by atoms with van der Waals surface area (Å²) in [6.07, 6.45) is 0. The SMILES string of the molecule is Cc1cc(C)cc(NCC(C)(C)O)c1. The molecular weight excluding hydrogens is 174 g/mol. The summed E-state index contributed by atoms with van der Waals surface area (Å²) in [5, 5.41) is 12.8. The summed E-state index contributed by atoms with van der Waals surface area (Å²) < 4.78 is 0. The van der Waals surface area contributed by atoms with Crippen LogP contribution in [0.1, 0.15) is 25.0 Å². The number of aliphatic hydroxyl groups is 1. The summed E-state index contributed by atoms with van der Waals surface area (Å²) in [5.74, 6) is 0. The maximum Gasteiger partial charge on any atom is 0.0763 e. The van der Waals surface area contributed by atoms with Gasteiger partial charge >= 0.3 is 0 Å². The summed E-state index contributed by atoms with van der Waals surface area (Å²) in [6, 6.07) is 6.30. The van der Waals surface area contributed by atoms with Gasteiger partial charge in [0.25, 0.3) is 0 Å². The first-order valence-electron chi connectivity index (χ1n) is 4.91. The summed E-state index contributed by atoms with van der Waals surface area (Å²) in [7, 11) is 0. The van der Waals surface area contributed by atoms with Gasteiger partial charge in [0.2, 0.25) is 0 Å². The van der Waals surface area contributed by atoms with Crippen molar-refractivity contribution >= 4 is 5.69 Å². The van der Waals surface area contributed by atoms with Gasteiger partial charge in [-0.15, -0.1) is 0 Å². The Kier molecular flexibility index (Phi) is 3.17. The van der Waals surface area contributed by atoms with Gasteiger partial charge in [0, 0.05) is 12.2 Å². The smallest absolute Gasteiger partial charge is 0.0763 e. The minimum absolute atomic E-state index is 0.565. The highest BCUT2D eigenvalue weighted by atomic mass is 16.3. The Morgan fingerprint density at radius 3 is 2.07 bits per heavy atom. The van der Waals surface area contributed by atoms with Crippen LogP contribution in [-0.4, -0.2) is 17.3 Å². The van der Waals surface area contributed by atoms with E-state index in [9.17, 15) is 5.11 Å². The number of benzene rings is 1. The van der Waals surface area contributed by atoms with E-state index in [1.807, 2.05) is 0 Å². The molecule has 1 aromatic rings. The van der Waals surface area contributed by atoms with Crippen LogP contribution in [0.5, 0.6) is 0 Å². The highest BCUT2D eigenvalue weighted by Gasteiger charge is 2.11. The standard InChI is InChI=1S/C12H19NO/c1-9-5-10(2)7-11(6-9)13-8-12(3,4)14/h5-7,13-14H,8H2,1-4H3. The first-order chi connectivity index (χ1) is 6.37. The molecule has 0 aliphatic rings. The lowest BCUT2D eigenvalue weighted by atomic mass is 10.1. The monoisotopic (exact) mass is 193 g/mol. The zero-order valence-corrected chi connectivity index (χ0v) is 9.39. The molecule has 0 aromatic heterocycles. The second kappa shape index (κ2) is 4.01. The fraction of sp³-hybridized carbons (Fsp3) is 0.500. The van der Waals surface area contributed by atoms with Crippen LogP contribution in [0.15, 0.2) is 18.2 Å². The van der Waals surface area contributed by atoms with Gasteiger partial charge in [0.15, 0.2) is 0 Å². The molecule has 78 valence electrons. The highest BCUT2D eigenvalue weighted by molar-refractivity contribution is 5.48. The van der Waals surface area contributed by atoms with Gasteiger partial charge in [0.1, 0.15) is 0 Å². The van der Waals surface area contributed by atoms with Crippen LogP contribution < -0.4 is 5.32 Å². The molecule has 0 saturated heterocycles. The molecule has 1 rings (SSSR count). The molecule has 0 saturated carbocycles. The Morgan fingerprint density at radius 1 is 1.14 bits per heavy atom. The number of nitrogens with one attached hydrogen (secondary N) is 1. The fourth-order valence-corrected chi connectivity index (χ4v) is 1.40. The van der Waals surface area contributed by atoms with Crippen molar-refractivity contribution in [1.29, 1.82) is 0 Å². The van der Waals surface area contributed by atoms with Crippen LogP contribution in [-0.2, 0) is 0 Å². The Balaban J connectivity index is 2.68. The van der Waals surface area contributed by atoms with Crippen molar-refractivity contribution in [2.75, 3.05) is 11.9 Å². The average molecular weight is 193 g/mol. The van der Waals surface area contributed by atoms with Gasteiger partial charge in [-0.3, -0.25) is 0 Å². The lowest BCUT2D eigenvalue weighted by Crippen LogP contribution is -2.29. The molecule has 1 aromatic carbocycles. The third kappa shape index (κ3) is 3.79. The summed E-state index contributed by atoms with van der Waals surface area (Å²) in [4.78, 5) is 0. The topological polar surface area (TPSA) is 32.3 Å². The van der Waals surface area contributed by atoms with Gasteiger partial charge in [0.05, 0.1) is 5.60 Å². The third-order valence-electron chi connectivity index (χ3n) is 1.95. The van der Waals surface area contributed by atoms with Crippen molar-refractivity contribution in [1.82, 2.24) is 0 Å². The molecule has 0 heterocycles. The minimum atomic E-state index is -0.669. The predicted molar refractivity (Wildman–Crippen MR) is 60.7 cm³/mol. The van der Waals surface area contributed by atoms with Gasteiger partial charge < -0.3 is 10.4 Å². The highest BCUT2D eigenvalue weighted by Crippen LogP contribution is 2.14. The predicted octanol–water partition coefficient (Wildman–Crippen LogP) is 2.49. The maximum absolute atomic E-state index is 9.56. The number of anilines is 1. The molecule has 14 heavy (non-hydrogen) atoms. The molecule has 0 amide bonds. The molecule has 0 aliphatic heterocycles. The number of rotatable bonds is 3. The van der Waals surface area contributed by atoms with E-state index in [4.69, 9.17) is 0 Å². The average Bonchev–Trinajstić information content (AvgIpc) is 1.97. The zero-order chi connectivity index (χ0) is 10.8. The quantitative estimate of drug-likeness (QED) is 0.773. The van der Waals surface area contributed by atoms with E-state index in [1.165, 1.54) is 11.1 Å². The first-order valence-corrected chi connectivity index (χ1v) is 4.91. The lowest BCUT2D eigenvalue weighted by Gasteiger charge is -2.19. The molecule has 0 atom stereocenters. The van der Waals surface area contributed by atoms with Gasteiger partial charge in [-0.2, -0.15) is 0 Å². The Labute approximate surface area is 86.0 Å². The van der Waals surface area contributed by atoms with E-state index in [0.29, 0.717) is 6.54 Å². The zero-order valence-electron chi connectivity index (χ0n) is 9.39. The van der Waals surface area contributed by atoms with Crippen LogP contribution in [0, 0.1) is 13.8 Å². The Morgan fingerprint density at radius 2 is 1.64 bits per heavy atom. The molecule has 2 nitrogen and oxygen atoms in total. The van der Waals surface area contributed by atoms with Crippen LogP contribution in [0.2, 0.25) is 0 Å². The maximum atomic E-state index is 9.56. The van der Waals surface area contributed by atoms with Crippen molar-refractivity contribution in [2.24, 2.45) is 0 Å². The molecule has 0 unspecified atom stereocenters. The van der Waals surface area contributed by atoms with Crippen LogP contribution in [0.3, 0.4) is 0 Å². The van der Waals surface area contributed by atoms with E-state index in [0.717, 1.165) is 5.69 Å². The van der Waals surface area contributed by atoms with Crippen molar-refractivity contribution in [3.8, 4) is 0 Å². The number of aryl methyl sites for hydroxylation is 2. The largest absolute Gasteiger partial charge is 0.389 e. The van der Waals surface area contributed by atoms with Crippen molar-refractivity contribution in [3.05, 3.63) is 29.3 Å². The molecule has 0 spiro atoms. The third-order valence-corrected chi connectivity index (χ3v) is 1.95. The minimum Gasteiger partial charge on any atom is -0.389 e. The second-order valence-corrected chi connectivity index (χ2v) is 4.54. The first kappa shape index (κ1) is 11.1. The van der Waals surface area contributed by atoms with Gasteiger partial charge in [-0.25, -0.2) is 0 Å². The summed E-state index contributed by atoms with van der Waals surface area (Å²) >= 11 is 0. The van der Waals surface area contributed by atoms with E-state index in [1.54, 1.807) is 13.8 Å². The Hall–Kier alpha value is -1.02. The summed E-state index contributed by atoms with van der Waals surface area (Å²) in [6.45, 7) is 8.30. The van der Waals surface area contributed by atoms with Crippen molar-refractivity contribution in [2.45, 2.75) is 33.3 Å². The van der Waals surface area contributed by atoms with E-state index in [-0.39, 0.29) is 0 Å². The molecule has 0 bridgehead atoms. The summed E-state index contributed by atoms with van der Waals surface area (Å²) in [5.41, 5.74) is 2.88. The van der Waals surface area contributed by atoms with E-state index < -0.39 is 5.60 Å². The molecule has 0 fully saturated rings. The van der Waals surface area contributed by atoms with Crippen LogP contribution in [0.25, 0.3) is 0 Å². The normalized spacial score (nSPS) is 11.5. The van der Waals surface area contributed by atoms with Crippen LogP contribution >= 0.6 is 0 Å². The molecule has 2 N–H and O–H groups in total. The van der Waals surface area contributed by atoms with Gasteiger partial charge in [-0.1, -0.05) is 6.07 Å². The molecule has 0 aliphatic carbocycles. The second-order valence-electron chi connectivity index (χ2n) is 4.54. The fourth-order valence-electron chi connectivity index (χ4n) is 1.40. The number of hydrogen-bond acceptors (Lipinski definition) is 2. The van der Waals surface area contributed by atoms with E-state index in [2.05, 4.69) is 37.4 Å². The lowest BCUT2D eigenvalue weighted by molar-refractivity contribution is 0.0945. The van der Waals surface area contributed by atoms with Gasteiger partial charge in [-0.05, 0) is 51.0 Å². The van der Waals surface area contributed by atoms with Crippen molar-refractivity contribution in [3.63, 3.8) is 0 Å². The van der Waals surface area contributed by atoms with Crippen molar-refractivity contribution < 1.29 is 5.11 Å². The van der Waals surface area contributed by atoms with E-state index >= 15 is 0 Å². The van der Waals surface area contributed by atoms with Crippen LogP contribution in [0.4, 0.5) is 5.69 Å². The molecule has 0 radical (unpaired) electrons. The Bertz CT molecular complexity index is 292. The molecular formula is C12H19NO.